The third kappa shape index (κ3) is 7.65. The number of aliphatic hydroxyl groups excluding tert-OH is 1. The lowest BCUT2D eigenvalue weighted by atomic mass is 10.1. The molecule has 1 unspecified atom stereocenters. The first kappa shape index (κ1) is 23.1. The van der Waals surface area contributed by atoms with Gasteiger partial charge in [0.15, 0.2) is 11.5 Å². The highest BCUT2D eigenvalue weighted by Gasteiger charge is 2.14. The van der Waals surface area contributed by atoms with Gasteiger partial charge in [-0.05, 0) is 63.3 Å². The molecule has 0 fully saturated rings. The molecular formula is C23H33FN2O3. The van der Waals surface area contributed by atoms with Crippen LogP contribution in [0.4, 0.5) is 4.39 Å². The topological polar surface area (TPSA) is 45.2 Å². The van der Waals surface area contributed by atoms with Crippen LogP contribution in [0.25, 0.3) is 0 Å². The Hall–Kier alpha value is -2.15. The van der Waals surface area contributed by atoms with Gasteiger partial charge < -0.3 is 19.5 Å². The average Bonchev–Trinajstić information content (AvgIpc) is 2.68. The van der Waals surface area contributed by atoms with Crippen molar-refractivity contribution in [1.82, 2.24) is 9.80 Å². The highest BCUT2D eigenvalue weighted by molar-refractivity contribution is 5.43. The van der Waals surface area contributed by atoms with Crippen molar-refractivity contribution in [2.24, 2.45) is 0 Å². The van der Waals surface area contributed by atoms with Crippen LogP contribution < -0.4 is 9.47 Å². The molecule has 0 aliphatic rings. The van der Waals surface area contributed by atoms with Gasteiger partial charge in [0.2, 0.25) is 0 Å². The predicted molar refractivity (Wildman–Crippen MR) is 114 cm³/mol. The molecule has 1 atom stereocenters. The molecule has 0 heterocycles. The number of likely N-dealkylation sites (N-methyl/N-ethyl adjacent to an activating group) is 1. The van der Waals surface area contributed by atoms with Crippen molar-refractivity contribution in [3.63, 3.8) is 0 Å². The van der Waals surface area contributed by atoms with Crippen molar-refractivity contribution < 1.29 is 19.0 Å². The van der Waals surface area contributed by atoms with Gasteiger partial charge in [-0.2, -0.15) is 0 Å². The van der Waals surface area contributed by atoms with Crippen LogP contribution in [-0.2, 0) is 13.1 Å². The van der Waals surface area contributed by atoms with Crippen molar-refractivity contribution in [1.29, 1.82) is 0 Å². The maximum Gasteiger partial charge on any atom is 0.161 e. The van der Waals surface area contributed by atoms with Gasteiger partial charge in [-0.25, -0.2) is 4.39 Å². The lowest BCUT2D eigenvalue weighted by molar-refractivity contribution is 0.0668. The molecule has 0 aromatic heterocycles. The molecule has 0 aliphatic heterocycles. The molecule has 5 nitrogen and oxygen atoms in total. The molecule has 0 spiro atoms. The zero-order chi connectivity index (χ0) is 21.4. The Morgan fingerprint density at radius 3 is 2.21 bits per heavy atom. The number of hydrogen-bond donors (Lipinski definition) is 1. The number of hydrogen-bond acceptors (Lipinski definition) is 5. The zero-order valence-corrected chi connectivity index (χ0v) is 18.1. The van der Waals surface area contributed by atoms with E-state index in [4.69, 9.17) is 9.47 Å². The molecule has 2 aromatic rings. The number of halogens is 1. The Labute approximate surface area is 173 Å². The van der Waals surface area contributed by atoms with Gasteiger partial charge in [0.25, 0.3) is 0 Å². The van der Waals surface area contributed by atoms with E-state index < -0.39 is 6.10 Å². The van der Waals surface area contributed by atoms with E-state index in [2.05, 4.69) is 23.6 Å². The van der Waals surface area contributed by atoms with Gasteiger partial charge in [0.1, 0.15) is 18.5 Å². The van der Waals surface area contributed by atoms with E-state index in [0.29, 0.717) is 24.1 Å². The Bertz CT molecular complexity index is 752. The van der Waals surface area contributed by atoms with Crippen molar-refractivity contribution in [2.45, 2.75) is 39.1 Å². The van der Waals surface area contributed by atoms with Crippen LogP contribution in [0.2, 0.25) is 0 Å². The molecule has 1 N–H and O–H groups in total. The van der Waals surface area contributed by atoms with Crippen LogP contribution in [0.5, 0.6) is 11.5 Å². The number of rotatable bonds is 11. The predicted octanol–water partition coefficient (Wildman–Crippen LogP) is 3.55. The zero-order valence-electron chi connectivity index (χ0n) is 18.1. The van der Waals surface area contributed by atoms with Crippen LogP contribution in [0, 0.1) is 5.82 Å². The van der Waals surface area contributed by atoms with Gasteiger partial charge in [0.05, 0.1) is 7.11 Å². The lowest BCUT2D eigenvalue weighted by Gasteiger charge is -2.24. The number of methoxy groups -OCH3 is 1. The summed E-state index contributed by atoms with van der Waals surface area (Å²) in [5.41, 5.74) is 2.14. The molecule has 0 saturated heterocycles. The van der Waals surface area contributed by atoms with E-state index in [1.54, 1.807) is 19.2 Å². The number of nitrogens with zero attached hydrogens (tertiary/aromatic N) is 2. The second kappa shape index (κ2) is 11.1. The maximum atomic E-state index is 13.0. The molecule has 0 bridgehead atoms. The quantitative estimate of drug-likeness (QED) is 0.621. The van der Waals surface area contributed by atoms with Gasteiger partial charge in [-0.15, -0.1) is 0 Å². The van der Waals surface area contributed by atoms with Crippen LogP contribution in [0.15, 0.2) is 42.5 Å². The Balaban J connectivity index is 1.92. The molecule has 0 radical (unpaired) electrons. The first-order valence-electron chi connectivity index (χ1n) is 9.89. The standard InChI is InChI=1S/C23H33FN2O3/c1-17(2)26(4)15-21(27)16-29-22-11-8-19(12-23(22)28-5)14-25(3)13-18-6-9-20(24)10-7-18/h6-12,17,21,27H,13-16H2,1-5H3. The van der Waals surface area contributed by atoms with E-state index in [0.717, 1.165) is 24.2 Å². The van der Waals surface area contributed by atoms with Crippen molar-refractivity contribution >= 4 is 0 Å². The van der Waals surface area contributed by atoms with Crippen LogP contribution in [0.3, 0.4) is 0 Å². The van der Waals surface area contributed by atoms with E-state index in [1.165, 1.54) is 12.1 Å². The first-order valence-corrected chi connectivity index (χ1v) is 9.89. The molecular weight excluding hydrogens is 371 g/mol. The fourth-order valence-electron chi connectivity index (χ4n) is 2.98. The van der Waals surface area contributed by atoms with Crippen LogP contribution in [0.1, 0.15) is 25.0 Å². The molecule has 6 heteroatoms. The second-order valence-electron chi connectivity index (χ2n) is 7.78. The van der Waals surface area contributed by atoms with Crippen LogP contribution in [-0.4, -0.2) is 61.4 Å². The van der Waals surface area contributed by atoms with Gasteiger partial charge in [0, 0.05) is 25.7 Å². The first-order chi connectivity index (χ1) is 13.8. The Morgan fingerprint density at radius 2 is 1.59 bits per heavy atom. The summed E-state index contributed by atoms with van der Waals surface area (Å²) in [7, 11) is 5.60. The third-order valence-electron chi connectivity index (χ3n) is 4.86. The van der Waals surface area contributed by atoms with Gasteiger partial charge >= 0.3 is 0 Å². The number of ether oxygens (including phenoxy) is 2. The number of aliphatic hydroxyl groups is 1. The second-order valence-corrected chi connectivity index (χ2v) is 7.78. The summed E-state index contributed by atoms with van der Waals surface area (Å²) in [5, 5.41) is 10.2. The molecule has 0 saturated carbocycles. The minimum absolute atomic E-state index is 0.206. The maximum absolute atomic E-state index is 13.0. The summed E-state index contributed by atoms with van der Waals surface area (Å²) >= 11 is 0. The number of benzene rings is 2. The fraction of sp³-hybridized carbons (Fsp3) is 0.478. The lowest BCUT2D eigenvalue weighted by Crippen LogP contribution is -2.36. The van der Waals surface area contributed by atoms with Crippen molar-refractivity contribution in [3.05, 3.63) is 59.4 Å². The highest BCUT2D eigenvalue weighted by atomic mass is 19.1. The largest absolute Gasteiger partial charge is 0.493 e. The molecule has 0 amide bonds. The van der Waals surface area contributed by atoms with Crippen LogP contribution >= 0.6 is 0 Å². The minimum atomic E-state index is -0.575. The molecule has 29 heavy (non-hydrogen) atoms. The summed E-state index contributed by atoms with van der Waals surface area (Å²) < 4.78 is 24.3. The van der Waals surface area contributed by atoms with E-state index in [9.17, 15) is 9.50 Å². The Kier molecular flexibility index (Phi) is 8.89. The molecule has 2 aromatic carbocycles. The average molecular weight is 405 g/mol. The Morgan fingerprint density at radius 1 is 0.966 bits per heavy atom. The fourth-order valence-corrected chi connectivity index (χ4v) is 2.98. The van der Waals surface area contributed by atoms with E-state index >= 15 is 0 Å². The monoisotopic (exact) mass is 404 g/mol. The van der Waals surface area contributed by atoms with E-state index in [-0.39, 0.29) is 12.4 Å². The highest BCUT2D eigenvalue weighted by Crippen LogP contribution is 2.29. The molecule has 160 valence electrons. The van der Waals surface area contributed by atoms with Crippen molar-refractivity contribution in [2.75, 3.05) is 34.4 Å². The minimum Gasteiger partial charge on any atom is -0.493 e. The smallest absolute Gasteiger partial charge is 0.161 e. The third-order valence-corrected chi connectivity index (χ3v) is 4.86. The summed E-state index contributed by atoms with van der Waals surface area (Å²) in [6.45, 7) is 6.36. The molecule has 0 aliphatic carbocycles. The molecule has 2 rings (SSSR count). The summed E-state index contributed by atoms with van der Waals surface area (Å²) in [4.78, 5) is 4.22. The summed E-state index contributed by atoms with van der Waals surface area (Å²) in [6.07, 6.45) is -0.575. The van der Waals surface area contributed by atoms with Crippen molar-refractivity contribution in [3.8, 4) is 11.5 Å². The van der Waals surface area contributed by atoms with E-state index in [1.807, 2.05) is 32.3 Å². The summed E-state index contributed by atoms with van der Waals surface area (Å²) in [6, 6.07) is 12.7. The van der Waals surface area contributed by atoms with Gasteiger partial charge in [-0.3, -0.25) is 4.90 Å². The normalized spacial score (nSPS) is 12.6. The SMILES string of the molecule is COc1cc(CN(C)Cc2ccc(F)cc2)ccc1OCC(O)CN(C)C(C)C. The summed E-state index contributed by atoms with van der Waals surface area (Å²) in [5.74, 6) is 1.03. The van der Waals surface area contributed by atoms with Gasteiger partial charge in [-0.1, -0.05) is 18.2 Å².